The van der Waals surface area contributed by atoms with Crippen LogP contribution in [0.25, 0.3) is 5.00 Å². The molecule has 0 spiro atoms. The molecule has 21 heavy (non-hydrogen) atoms. The Morgan fingerprint density at radius 3 is 3.10 bits per heavy atom. The van der Waals surface area contributed by atoms with Crippen molar-refractivity contribution in [1.29, 1.82) is 0 Å². The van der Waals surface area contributed by atoms with E-state index < -0.39 is 0 Å². The highest BCUT2D eigenvalue weighted by Gasteiger charge is 2.17. The smallest absolute Gasteiger partial charge is 0.368 e. The van der Waals surface area contributed by atoms with Crippen molar-refractivity contribution < 1.29 is 6.15 Å². The molecule has 0 saturated carbocycles. The zero-order valence-electron chi connectivity index (χ0n) is 11.9. The van der Waals surface area contributed by atoms with Crippen molar-refractivity contribution in [3.63, 3.8) is 0 Å². The molecule has 0 aliphatic rings. The van der Waals surface area contributed by atoms with Gasteiger partial charge in [-0.25, -0.2) is 4.79 Å². The summed E-state index contributed by atoms with van der Waals surface area (Å²) < 4.78 is 15.1. The van der Waals surface area contributed by atoms with Crippen LogP contribution in [0.3, 0.4) is 0 Å². The van der Waals surface area contributed by atoms with Crippen LogP contribution in [0, 0.1) is 12.3 Å². The monoisotopic (exact) mass is 304 g/mol. The third kappa shape index (κ3) is 2.32. The van der Waals surface area contributed by atoms with Gasteiger partial charge in [-0.3, -0.25) is 5.09 Å². The third-order valence-corrected chi connectivity index (χ3v) is 3.74. The fraction of sp³-hybridized carbons (Fsp3) is 0.167. The Hall–Kier alpha value is -2.86. The van der Waals surface area contributed by atoms with E-state index in [4.69, 9.17) is 12.6 Å². The average molecular weight is 304 g/mol. The summed E-state index contributed by atoms with van der Waals surface area (Å²) in [6.45, 7) is 0.110. The Bertz CT molecular complexity index is 915. The van der Waals surface area contributed by atoms with Crippen LogP contribution in [0.5, 0.6) is 5.88 Å². The van der Waals surface area contributed by atoms with Crippen LogP contribution < -0.4 is 10.4 Å². The average Bonchev–Trinajstić information content (AvgIpc) is 3.18. The molecule has 1 N–H and O–H groups in total. The first-order chi connectivity index (χ1) is 10.6. The molecule has 0 saturated heterocycles. The molecule has 0 amide bonds. The minimum absolute atomic E-state index is 0.110. The first-order valence-corrected chi connectivity index (χ1v) is 6.72. The van der Waals surface area contributed by atoms with Crippen LogP contribution in [0.1, 0.15) is 11.1 Å². The molecule has 0 fully saturated rings. The molecule has 9 heteroatoms. The number of ether oxygens (including phenoxy) is 1. The predicted octanol–water partition coefficient (Wildman–Crippen LogP) is 0.311. The van der Waals surface area contributed by atoms with Crippen LogP contribution in [0.2, 0.25) is 1.41 Å². The highest BCUT2D eigenvalue weighted by Crippen LogP contribution is 2.25. The summed E-state index contributed by atoms with van der Waals surface area (Å²) in [5.41, 5.74) is 0.889. The van der Waals surface area contributed by atoms with Gasteiger partial charge < -0.3 is 4.74 Å². The number of H-pyrrole nitrogens is 1. The lowest BCUT2D eigenvalue weighted by molar-refractivity contribution is 0.293. The molecule has 3 heterocycles. The van der Waals surface area contributed by atoms with Gasteiger partial charge in [-0.1, -0.05) is 5.92 Å². The highest BCUT2D eigenvalue weighted by molar-refractivity contribution is 7.12. The van der Waals surface area contributed by atoms with Gasteiger partial charge in [-0.2, -0.15) is 4.68 Å². The van der Waals surface area contributed by atoms with Crippen molar-refractivity contribution in [1.82, 2.24) is 30.0 Å². The molecule has 106 valence electrons. The third-order valence-electron chi connectivity index (χ3n) is 2.75. The molecule has 0 aliphatic carbocycles. The van der Waals surface area contributed by atoms with E-state index >= 15 is 0 Å². The molecule has 0 aliphatic heterocycles. The molecule has 3 rings (SSSR count). The van der Waals surface area contributed by atoms with Gasteiger partial charge in [0.2, 0.25) is 5.88 Å². The lowest BCUT2D eigenvalue weighted by Crippen LogP contribution is -2.22. The van der Waals surface area contributed by atoms with E-state index in [-0.39, 0.29) is 12.3 Å². The number of hydrogen-bond donors (Lipinski definition) is 1. The maximum atomic E-state index is 12.0. The van der Waals surface area contributed by atoms with E-state index in [1.54, 1.807) is 11.4 Å². The van der Waals surface area contributed by atoms with Gasteiger partial charge in [-0.15, -0.1) is 27.5 Å². The van der Waals surface area contributed by atoms with Gasteiger partial charge in [0.15, 0.2) is 1.41 Å². The van der Waals surface area contributed by atoms with Crippen molar-refractivity contribution in [2.24, 2.45) is 7.05 Å². The van der Waals surface area contributed by atoms with Crippen LogP contribution in [-0.2, 0) is 13.7 Å². The molecular formula is C12H10N6O2S. The highest BCUT2D eigenvalue weighted by atomic mass is 32.1. The van der Waals surface area contributed by atoms with E-state index in [1.165, 1.54) is 29.3 Å². The Labute approximate surface area is 124 Å². The number of thiophene rings is 1. The van der Waals surface area contributed by atoms with Gasteiger partial charge in [-0.05, 0) is 10.4 Å². The van der Waals surface area contributed by atoms with Gasteiger partial charge in [0.25, 0.3) is 0 Å². The normalized spacial score (nSPS) is 11.1. The van der Waals surface area contributed by atoms with Crippen molar-refractivity contribution in [2.75, 3.05) is 0 Å². The lowest BCUT2D eigenvalue weighted by atomic mass is 10.2. The fourth-order valence-electron chi connectivity index (χ4n) is 1.70. The van der Waals surface area contributed by atoms with Crippen LogP contribution >= 0.6 is 11.3 Å². The predicted molar refractivity (Wildman–Crippen MR) is 75.3 cm³/mol. The zero-order valence-corrected chi connectivity index (χ0v) is 11.7. The second-order valence-electron chi connectivity index (χ2n) is 4.03. The second-order valence-corrected chi connectivity index (χ2v) is 4.89. The molecule has 8 nitrogen and oxygen atoms in total. The van der Waals surface area contributed by atoms with Gasteiger partial charge in [0.05, 0.1) is 0 Å². The van der Waals surface area contributed by atoms with E-state index in [1.807, 2.05) is 0 Å². The quantitative estimate of drug-likeness (QED) is 0.701. The Balaban J connectivity index is 1.96. The molecule has 0 aromatic carbocycles. The first kappa shape index (κ1) is 11.9. The van der Waals surface area contributed by atoms with E-state index in [9.17, 15) is 4.79 Å². The fourth-order valence-corrected chi connectivity index (χ4v) is 2.66. The number of nitrogens with zero attached hydrogens (tertiary/aromatic N) is 5. The SMILES string of the molecule is [3H]n1ccc(OCc2c(C#C)csc2-n2nnn(C)c2=O)n1. The van der Waals surface area contributed by atoms with Crippen molar-refractivity contribution >= 4 is 11.3 Å². The van der Waals surface area contributed by atoms with E-state index in [0.29, 0.717) is 22.0 Å². The number of tetrazole rings is 1. The van der Waals surface area contributed by atoms with Crippen LogP contribution in [0.4, 0.5) is 0 Å². The molecule has 0 bridgehead atoms. The van der Waals surface area contributed by atoms with Crippen molar-refractivity contribution in [3.8, 4) is 23.2 Å². The molecule has 0 unspecified atom stereocenters. The molecular weight excluding hydrogens is 292 g/mol. The van der Waals surface area contributed by atoms with E-state index in [2.05, 4.69) is 21.4 Å². The lowest BCUT2D eigenvalue weighted by Gasteiger charge is -2.04. The maximum Gasteiger partial charge on any atom is 0.368 e. The number of hydrogen-bond acceptors (Lipinski definition) is 6. The number of aromatic nitrogens is 6. The summed E-state index contributed by atoms with van der Waals surface area (Å²) >= 11 is 1.28. The minimum Gasteiger partial charge on any atom is -0.472 e. The van der Waals surface area contributed by atoms with Crippen molar-refractivity contribution in [2.45, 2.75) is 6.61 Å². The Morgan fingerprint density at radius 1 is 1.62 bits per heavy atom. The Morgan fingerprint density at radius 2 is 2.48 bits per heavy atom. The molecule has 0 radical (unpaired) electrons. The number of nitrogens with one attached hydrogen (secondary N) is 1. The summed E-state index contributed by atoms with van der Waals surface area (Å²) in [6, 6.07) is 1.56. The standard InChI is InChI=1S/C12H10N6O2S/c1-3-8-7-21-11(18-12(19)17(2)15-16-18)9(8)6-20-10-4-5-13-14-10/h1,4-5,7H,6H2,2H3,(H,13,14)/i/hT. The minimum atomic E-state index is -0.373. The number of aromatic amines is 1. The number of aryl methyl sites for hydroxylation is 1. The van der Waals surface area contributed by atoms with Gasteiger partial charge in [0.1, 0.15) is 11.6 Å². The number of rotatable bonds is 4. The first-order valence-electron chi connectivity index (χ1n) is 6.29. The summed E-state index contributed by atoms with van der Waals surface area (Å²) in [7, 11) is 1.51. The summed E-state index contributed by atoms with van der Waals surface area (Å²) in [4.78, 5) is 12.0. The summed E-state index contributed by atoms with van der Waals surface area (Å²) in [5, 5.41) is 14.5. The topological polar surface area (TPSA) is 90.6 Å². The van der Waals surface area contributed by atoms with Crippen LogP contribution in [-0.4, -0.2) is 30.0 Å². The molecule has 0 atom stereocenters. The number of terminal acetylenes is 1. The second kappa shape index (κ2) is 5.26. The summed E-state index contributed by atoms with van der Waals surface area (Å²) in [5.74, 6) is 2.84. The van der Waals surface area contributed by atoms with Crippen LogP contribution in [0.15, 0.2) is 22.4 Å². The van der Waals surface area contributed by atoms with E-state index in [0.717, 1.165) is 9.77 Å². The molecule has 3 aromatic heterocycles. The molecule has 3 aromatic rings. The summed E-state index contributed by atoms with van der Waals surface area (Å²) in [6.07, 6.45) is 6.92. The van der Waals surface area contributed by atoms with Gasteiger partial charge >= 0.3 is 5.69 Å². The Kier molecular flexibility index (Phi) is 2.99. The largest absolute Gasteiger partial charge is 0.472 e. The maximum absolute atomic E-state index is 12.0. The van der Waals surface area contributed by atoms with Crippen molar-refractivity contribution in [3.05, 3.63) is 39.3 Å². The zero-order chi connectivity index (χ0) is 15.7. The van der Waals surface area contributed by atoms with Gasteiger partial charge in [0, 0.05) is 35.8 Å².